The van der Waals surface area contributed by atoms with Gasteiger partial charge in [0.25, 0.3) is 0 Å². The van der Waals surface area contributed by atoms with Crippen molar-refractivity contribution in [2.75, 3.05) is 13.1 Å². The largest absolute Gasteiger partial charge is 0.311 e. The molecule has 2 atom stereocenters. The molecule has 0 aliphatic carbocycles. The molecule has 1 aromatic rings. The molecule has 4 heteroatoms. The first-order valence-electron chi connectivity index (χ1n) is 6.80. The Kier molecular flexibility index (Phi) is 4.09. The second-order valence-electron chi connectivity index (χ2n) is 6.32. The number of hydrogen-bond donors (Lipinski definition) is 1. The molecule has 1 fully saturated rings. The average molecular weight is 267 g/mol. The number of thiazole rings is 1. The lowest BCUT2D eigenvalue weighted by Gasteiger charge is -2.38. The normalized spacial score (nSPS) is 26.5. The van der Waals surface area contributed by atoms with Gasteiger partial charge < -0.3 is 5.32 Å². The molecule has 0 radical (unpaired) electrons. The van der Waals surface area contributed by atoms with Crippen LogP contribution in [0.4, 0.5) is 0 Å². The summed E-state index contributed by atoms with van der Waals surface area (Å²) >= 11 is 1.86. The summed E-state index contributed by atoms with van der Waals surface area (Å²) in [4.78, 5) is 8.51. The molecule has 0 amide bonds. The maximum atomic E-state index is 4.59. The van der Waals surface area contributed by atoms with E-state index in [-0.39, 0.29) is 5.41 Å². The molecule has 1 aliphatic heterocycles. The minimum absolute atomic E-state index is 0.221. The van der Waals surface area contributed by atoms with E-state index in [1.54, 1.807) is 0 Å². The van der Waals surface area contributed by atoms with Crippen LogP contribution in [0.5, 0.6) is 0 Å². The van der Waals surface area contributed by atoms with E-state index in [2.05, 4.69) is 56.0 Å². The van der Waals surface area contributed by atoms with Crippen molar-refractivity contribution in [3.05, 3.63) is 16.1 Å². The van der Waals surface area contributed by atoms with E-state index in [1.807, 2.05) is 11.3 Å². The van der Waals surface area contributed by atoms with Crippen molar-refractivity contribution >= 4 is 11.3 Å². The molecule has 2 unspecified atom stereocenters. The molecule has 102 valence electrons. The third kappa shape index (κ3) is 3.11. The van der Waals surface area contributed by atoms with E-state index < -0.39 is 0 Å². The summed E-state index contributed by atoms with van der Waals surface area (Å²) in [7, 11) is 0. The highest BCUT2D eigenvalue weighted by atomic mass is 32.1. The molecular formula is C14H25N3S. The Balaban J connectivity index is 2.03. The summed E-state index contributed by atoms with van der Waals surface area (Å²) in [5.74, 6) is 0. The van der Waals surface area contributed by atoms with E-state index in [0.717, 1.165) is 19.6 Å². The van der Waals surface area contributed by atoms with Crippen LogP contribution >= 0.6 is 11.3 Å². The van der Waals surface area contributed by atoms with Gasteiger partial charge in [-0.2, -0.15) is 0 Å². The van der Waals surface area contributed by atoms with Crippen LogP contribution in [0, 0.1) is 0 Å². The Labute approximate surface area is 115 Å². The third-order valence-electron chi connectivity index (χ3n) is 3.80. The number of rotatable bonds is 2. The van der Waals surface area contributed by atoms with Crippen LogP contribution in [0.25, 0.3) is 0 Å². The lowest BCUT2D eigenvalue weighted by molar-refractivity contribution is 0.130. The molecule has 0 bridgehead atoms. The van der Waals surface area contributed by atoms with Gasteiger partial charge in [0.15, 0.2) is 0 Å². The summed E-state index contributed by atoms with van der Waals surface area (Å²) in [6, 6.07) is 1.15. The number of hydrogen-bond acceptors (Lipinski definition) is 4. The molecular weight excluding hydrogens is 242 g/mol. The van der Waals surface area contributed by atoms with E-state index in [0.29, 0.717) is 12.1 Å². The molecule has 2 heterocycles. The Morgan fingerprint density at radius 3 is 2.78 bits per heavy atom. The van der Waals surface area contributed by atoms with Crippen LogP contribution in [0.1, 0.15) is 44.5 Å². The minimum atomic E-state index is 0.221. The van der Waals surface area contributed by atoms with E-state index in [9.17, 15) is 0 Å². The van der Waals surface area contributed by atoms with Crippen LogP contribution in [-0.4, -0.2) is 35.1 Å². The lowest BCUT2D eigenvalue weighted by Crippen LogP contribution is -2.54. The maximum Gasteiger partial charge on any atom is 0.107 e. The summed E-state index contributed by atoms with van der Waals surface area (Å²) in [5, 5.41) is 4.77. The molecule has 0 spiro atoms. The van der Waals surface area contributed by atoms with Gasteiger partial charge in [-0.1, -0.05) is 20.8 Å². The van der Waals surface area contributed by atoms with Gasteiger partial charge in [-0.15, -0.1) is 11.3 Å². The zero-order valence-corrected chi connectivity index (χ0v) is 13.0. The fourth-order valence-corrected chi connectivity index (χ4v) is 3.25. The van der Waals surface area contributed by atoms with Crippen molar-refractivity contribution in [1.82, 2.24) is 15.2 Å². The topological polar surface area (TPSA) is 28.2 Å². The monoisotopic (exact) mass is 267 g/mol. The standard InChI is InChI=1S/C14H25N3S/c1-10-11(2)17(7-6-15-10)9-13-16-8-12(18-13)14(3,4)5/h8,10-11,15H,6-7,9H2,1-5H3. The third-order valence-corrected chi connectivity index (χ3v) is 5.20. The number of aromatic nitrogens is 1. The van der Waals surface area contributed by atoms with E-state index >= 15 is 0 Å². The second kappa shape index (κ2) is 5.27. The predicted molar refractivity (Wildman–Crippen MR) is 78.2 cm³/mol. The summed E-state index contributed by atoms with van der Waals surface area (Å²) in [6.07, 6.45) is 2.05. The first-order valence-corrected chi connectivity index (χ1v) is 7.62. The van der Waals surface area contributed by atoms with Gasteiger partial charge in [0.1, 0.15) is 5.01 Å². The second-order valence-corrected chi connectivity index (χ2v) is 7.44. The zero-order chi connectivity index (χ0) is 13.3. The molecule has 1 aliphatic rings. The van der Waals surface area contributed by atoms with Crippen LogP contribution in [0.15, 0.2) is 6.20 Å². The van der Waals surface area contributed by atoms with Crippen LogP contribution in [0.2, 0.25) is 0 Å². The molecule has 2 rings (SSSR count). The molecule has 1 saturated heterocycles. The fraction of sp³-hybridized carbons (Fsp3) is 0.786. The highest BCUT2D eigenvalue weighted by Gasteiger charge is 2.25. The van der Waals surface area contributed by atoms with Gasteiger partial charge in [0.05, 0.1) is 6.54 Å². The Hall–Kier alpha value is -0.450. The van der Waals surface area contributed by atoms with E-state index in [4.69, 9.17) is 0 Å². The summed E-state index contributed by atoms with van der Waals surface area (Å²) < 4.78 is 0. The lowest BCUT2D eigenvalue weighted by atomic mass is 9.96. The first kappa shape index (κ1) is 14.0. The SMILES string of the molecule is CC1NCCN(Cc2ncc(C(C)(C)C)s2)C1C. The van der Waals surface area contributed by atoms with Gasteiger partial charge >= 0.3 is 0 Å². The maximum absolute atomic E-state index is 4.59. The molecule has 1 aromatic heterocycles. The highest BCUT2D eigenvalue weighted by molar-refractivity contribution is 7.11. The Morgan fingerprint density at radius 2 is 2.17 bits per heavy atom. The van der Waals surface area contributed by atoms with Gasteiger partial charge in [0, 0.05) is 36.2 Å². The summed E-state index contributed by atoms with van der Waals surface area (Å²) in [6.45, 7) is 14.5. The number of piperazine rings is 1. The predicted octanol–water partition coefficient (Wildman–Crippen LogP) is 2.62. The van der Waals surface area contributed by atoms with Crippen LogP contribution in [0.3, 0.4) is 0 Å². The van der Waals surface area contributed by atoms with Crippen LogP contribution < -0.4 is 5.32 Å². The van der Waals surface area contributed by atoms with Crippen LogP contribution in [-0.2, 0) is 12.0 Å². The summed E-state index contributed by atoms with van der Waals surface area (Å²) in [5.41, 5.74) is 0.221. The Bertz CT molecular complexity index is 394. The van der Waals surface area contributed by atoms with Gasteiger partial charge in [-0.25, -0.2) is 4.98 Å². The highest BCUT2D eigenvalue weighted by Crippen LogP contribution is 2.28. The average Bonchev–Trinajstić information content (AvgIpc) is 2.73. The number of nitrogens with one attached hydrogen (secondary N) is 1. The van der Waals surface area contributed by atoms with E-state index in [1.165, 1.54) is 9.88 Å². The molecule has 18 heavy (non-hydrogen) atoms. The fourth-order valence-electron chi connectivity index (χ4n) is 2.25. The van der Waals surface area contributed by atoms with Crippen molar-refractivity contribution in [1.29, 1.82) is 0 Å². The van der Waals surface area contributed by atoms with Crippen molar-refractivity contribution in [2.45, 2.75) is 58.7 Å². The molecule has 1 N–H and O–H groups in total. The van der Waals surface area contributed by atoms with Gasteiger partial charge in [0.2, 0.25) is 0 Å². The zero-order valence-electron chi connectivity index (χ0n) is 12.2. The van der Waals surface area contributed by atoms with Crippen molar-refractivity contribution in [3.8, 4) is 0 Å². The van der Waals surface area contributed by atoms with Crippen molar-refractivity contribution in [3.63, 3.8) is 0 Å². The molecule has 0 saturated carbocycles. The quantitative estimate of drug-likeness (QED) is 0.893. The smallest absolute Gasteiger partial charge is 0.107 e. The number of nitrogens with zero attached hydrogens (tertiary/aromatic N) is 2. The Morgan fingerprint density at radius 1 is 1.44 bits per heavy atom. The molecule has 0 aromatic carbocycles. The minimum Gasteiger partial charge on any atom is -0.311 e. The van der Waals surface area contributed by atoms with Gasteiger partial charge in [-0.05, 0) is 19.3 Å². The first-order chi connectivity index (χ1) is 8.38. The van der Waals surface area contributed by atoms with Crippen molar-refractivity contribution < 1.29 is 0 Å². The van der Waals surface area contributed by atoms with Crippen molar-refractivity contribution in [2.24, 2.45) is 0 Å². The van der Waals surface area contributed by atoms with Gasteiger partial charge in [-0.3, -0.25) is 4.90 Å². The molecule has 3 nitrogen and oxygen atoms in total.